The van der Waals surface area contributed by atoms with Crippen LogP contribution in [0.1, 0.15) is 44.6 Å². The van der Waals surface area contributed by atoms with Gasteiger partial charge in [-0.25, -0.2) is 9.59 Å². The minimum Gasteiger partial charge on any atom is -0.473 e. The van der Waals surface area contributed by atoms with E-state index in [1.54, 1.807) is 0 Å². The summed E-state index contributed by atoms with van der Waals surface area (Å²) in [7, 11) is 0. The summed E-state index contributed by atoms with van der Waals surface area (Å²) in [4.78, 5) is 18.2. The first-order chi connectivity index (χ1) is 12.5. The number of nitrogens with one attached hydrogen (secondary N) is 1. The van der Waals surface area contributed by atoms with Crippen LogP contribution in [0.5, 0.6) is 0 Å². The van der Waals surface area contributed by atoms with Crippen LogP contribution >= 0.6 is 0 Å². The van der Waals surface area contributed by atoms with Crippen LogP contribution in [0.2, 0.25) is 0 Å². The summed E-state index contributed by atoms with van der Waals surface area (Å²) in [6, 6.07) is 10.4. The van der Waals surface area contributed by atoms with Crippen molar-refractivity contribution in [2.45, 2.75) is 45.1 Å². The minimum atomic E-state index is -1.82. The Morgan fingerprint density at radius 1 is 1.19 bits per heavy atom. The van der Waals surface area contributed by atoms with Gasteiger partial charge in [0.25, 0.3) is 0 Å². The Balaban J connectivity index is 0.000000487. The van der Waals surface area contributed by atoms with E-state index in [9.17, 15) is 5.21 Å². The molecular weight excluding hydrogens is 336 g/mol. The minimum absolute atomic E-state index is 0.504. The highest BCUT2D eigenvalue weighted by molar-refractivity contribution is 6.27. The van der Waals surface area contributed by atoms with Crippen LogP contribution < -0.4 is 5.32 Å². The Morgan fingerprint density at radius 3 is 2.38 bits per heavy atom. The van der Waals surface area contributed by atoms with Crippen LogP contribution in [0.15, 0.2) is 47.1 Å². The molecule has 1 atom stereocenters. The maximum Gasteiger partial charge on any atom is 0.414 e. The molecule has 7 nitrogen and oxygen atoms in total. The monoisotopic (exact) mass is 362 g/mol. The lowest BCUT2D eigenvalue weighted by Gasteiger charge is -2.25. The van der Waals surface area contributed by atoms with Gasteiger partial charge in [-0.1, -0.05) is 60.5 Å². The second kappa shape index (κ2) is 11.8. The predicted octanol–water partition coefficient (Wildman–Crippen LogP) is 2.89. The molecule has 1 aliphatic heterocycles. The first-order valence-corrected chi connectivity index (χ1v) is 8.64. The molecule has 7 heteroatoms. The lowest BCUT2D eigenvalue weighted by atomic mass is 9.92. The molecule has 1 aromatic carbocycles. The lowest BCUT2D eigenvalue weighted by Crippen LogP contribution is -2.34. The van der Waals surface area contributed by atoms with E-state index < -0.39 is 11.9 Å². The molecule has 4 N–H and O–H groups in total. The van der Waals surface area contributed by atoms with Crippen molar-refractivity contribution in [1.29, 1.82) is 0 Å². The number of carboxylic acids is 2. The number of aliphatic carboxylic acids is 2. The SMILES string of the molecule is CCCC1NCCC=C1CCC(=NO)c1ccccc1.O=C(O)C(=O)O. The van der Waals surface area contributed by atoms with Gasteiger partial charge in [-0.3, -0.25) is 0 Å². The molecular formula is C19H26N2O5. The molecule has 1 unspecified atom stereocenters. The molecule has 0 bridgehead atoms. The summed E-state index contributed by atoms with van der Waals surface area (Å²) in [6.07, 6.45) is 7.58. The summed E-state index contributed by atoms with van der Waals surface area (Å²) in [5.74, 6) is -3.65. The summed E-state index contributed by atoms with van der Waals surface area (Å²) in [5.41, 5.74) is 3.24. The molecule has 0 saturated carbocycles. The van der Waals surface area contributed by atoms with Crippen LogP contribution in [-0.2, 0) is 9.59 Å². The summed E-state index contributed by atoms with van der Waals surface area (Å²) < 4.78 is 0. The fourth-order valence-electron chi connectivity index (χ4n) is 2.79. The predicted molar refractivity (Wildman–Crippen MR) is 98.7 cm³/mol. The Bertz CT molecular complexity index is 629. The average molecular weight is 362 g/mol. The number of carboxylic acid groups (broad SMARTS) is 2. The molecule has 142 valence electrons. The van der Waals surface area contributed by atoms with Crippen molar-refractivity contribution < 1.29 is 25.0 Å². The molecule has 26 heavy (non-hydrogen) atoms. The molecule has 1 heterocycles. The van der Waals surface area contributed by atoms with Gasteiger partial charge >= 0.3 is 11.9 Å². The summed E-state index contributed by atoms with van der Waals surface area (Å²) >= 11 is 0. The molecule has 0 spiro atoms. The van der Waals surface area contributed by atoms with E-state index >= 15 is 0 Å². The van der Waals surface area contributed by atoms with Crippen molar-refractivity contribution in [2.75, 3.05) is 6.54 Å². The van der Waals surface area contributed by atoms with Crippen LogP contribution in [0.25, 0.3) is 0 Å². The van der Waals surface area contributed by atoms with E-state index in [0.29, 0.717) is 6.04 Å². The van der Waals surface area contributed by atoms with Gasteiger partial charge < -0.3 is 20.7 Å². The Morgan fingerprint density at radius 2 is 1.85 bits per heavy atom. The highest BCUT2D eigenvalue weighted by Gasteiger charge is 2.17. The number of hydrogen-bond acceptors (Lipinski definition) is 5. The van der Waals surface area contributed by atoms with E-state index in [1.807, 2.05) is 30.3 Å². The molecule has 0 saturated heterocycles. The second-order valence-electron chi connectivity index (χ2n) is 5.89. The number of nitrogens with zero attached hydrogens (tertiary/aromatic N) is 1. The quantitative estimate of drug-likeness (QED) is 0.203. The van der Waals surface area contributed by atoms with Crippen LogP contribution in [0, 0.1) is 0 Å². The molecule has 0 amide bonds. The van der Waals surface area contributed by atoms with E-state index in [1.165, 1.54) is 18.4 Å². The van der Waals surface area contributed by atoms with E-state index in [4.69, 9.17) is 19.8 Å². The van der Waals surface area contributed by atoms with Crippen molar-refractivity contribution in [1.82, 2.24) is 5.32 Å². The Labute approximate surface area is 153 Å². The third-order valence-electron chi connectivity index (χ3n) is 4.03. The van der Waals surface area contributed by atoms with Gasteiger partial charge in [-0.2, -0.15) is 0 Å². The zero-order chi connectivity index (χ0) is 19.4. The Hall–Kier alpha value is -2.67. The molecule has 0 aliphatic carbocycles. The Kier molecular flexibility index (Phi) is 9.71. The maximum absolute atomic E-state index is 9.23. The topological polar surface area (TPSA) is 119 Å². The number of oxime groups is 1. The zero-order valence-electron chi connectivity index (χ0n) is 14.9. The third-order valence-corrected chi connectivity index (χ3v) is 4.03. The molecule has 1 aliphatic rings. The van der Waals surface area contributed by atoms with Gasteiger partial charge in [0, 0.05) is 6.04 Å². The van der Waals surface area contributed by atoms with Crippen LogP contribution in [0.3, 0.4) is 0 Å². The van der Waals surface area contributed by atoms with Crippen molar-refractivity contribution in [3.05, 3.63) is 47.5 Å². The smallest absolute Gasteiger partial charge is 0.414 e. The summed E-state index contributed by atoms with van der Waals surface area (Å²) in [6.45, 7) is 3.30. The van der Waals surface area contributed by atoms with Crippen molar-refractivity contribution >= 4 is 17.7 Å². The lowest BCUT2D eigenvalue weighted by molar-refractivity contribution is -0.159. The molecule has 2 rings (SSSR count). The number of benzene rings is 1. The van der Waals surface area contributed by atoms with Crippen LogP contribution in [0.4, 0.5) is 0 Å². The van der Waals surface area contributed by atoms with E-state index in [0.717, 1.165) is 37.1 Å². The van der Waals surface area contributed by atoms with E-state index in [2.05, 4.69) is 23.5 Å². The van der Waals surface area contributed by atoms with Gasteiger partial charge in [0.15, 0.2) is 0 Å². The molecule has 0 aromatic heterocycles. The normalized spacial score (nSPS) is 16.9. The molecule has 0 fully saturated rings. The van der Waals surface area contributed by atoms with Gasteiger partial charge in [-0.05, 0) is 37.8 Å². The molecule has 0 radical (unpaired) electrons. The fraction of sp³-hybridized carbons (Fsp3) is 0.421. The van der Waals surface area contributed by atoms with Crippen molar-refractivity contribution in [3.63, 3.8) is 0 Å². The zero-order valence-corrected chi connectivity index (χ0v) is 14.9. The van der Waals surface area contributed by atoms with Crippen molar-refractivity contribution in [2.24, 2.45) is 5.16 Å². The second-order valence-corrected chi connectivity index (χ2v) is 5.89. The van der Waals surface area contributed by atoms with Crippen LogP contribution in [-0.4, -0.2) is 45.7 Å². The van der Waals surface area contributed by atoms with Gasteiger partial charge in [0.2, 0.25) is 0 Å². The van der Waals surface area contributed by atoms with Crippen molar-refractivity contribution in [3.8, 4) is 0 Å². The average Bonchev–Trinajstić information content (AvgIpc) is 2.65. The van der Waals surface area contributed by atoms with Gasteiger partial charge in [0.05, 0.1) is 5.71 Å². The molecule has 1 aromatic rings. The highest BCUT2D eigenvalue weighted by Crippen LogP contribution is 2.20. The van der Waals surface area contributed by atoms with Gasteiger partial charge in [-0.15, -0.1) is 0 Å². The van der Waals surface area contributed by atoms with Gasteiger partial charge in [0.1, 0.15) is 0 Å². The van der Waals surface area contributed by atoms with E-state index in [-0.39, 0.29) is 0 Å². The largest absolute Gasteiger partial charge is 0.473 e. The summed E-state index contributed by atoms with van der Waals surface area (Å²) in [5, 5.41) is 31.1. The number of rotatable bonds is 6. The highest BCUT2D eigenvalue weighted by atomic mass is 16.4. The number of hydrogen-bond donors (Lipinski definition) is 4. The third kappa shape index (κ3) is 7.48. The first-order valence-electron chi connectivity index (χ1n) is 8.64. The standard InChI is InChI=1S/C17H24N2O.C2H2O4/c1-2-7-16-15(10-6-13-18-16)11-12-17(19-20)14-8-4-3-5-9-14;3-1(4)2(5)6/h3-5,8-10,16,18,20H,2,6-7,11-13H2,1H3;(H,3,4)(H,5,6). The maximum atomic E-state index is 9.23. The first kappa shape index (κ1) is 21.4. The fourth-order valence-corrected chi connectivity index (χ4v) is 2.79. The number of carbonyl (C=O) groups is 2.